The summed E-state index contributed by atoms with van der Waals surface area (Å²) in [6.45, 7) is -1.28. The van der Waals surface area contributed by atoms with Gasteiger partial charge in [0.2, 0.25) is 0 Å². The fourth-order valence-electron chi connectivity index (χ4n) is 0.592. The number of halogens is 3. The molecule has 0 aliphatic carbocycles. The van der Waals surface area contributed by atoms with Gasteiger partial charge in [0.1, 0.15) is 6.61 Å². The lowest BCUT2D eigenvalue weighted by Gasteiger charge is -2.11. The van der Waals surface area contributed by atoms with Gasteiger partial charge in [-0.05, 0) is 0 Å². The standard InChI is InChI=1S/C5H6BrF2N3O/c6-1-4-2-11(10-9-4)5(7,8)3-12/h2,12H,1,3H2. The summed E-state index contributed by atoms with van der Waals surface area (Å²) in [6, 6.07) is -3.37. The molecule has 0 fully saturated rings. The van der Waals surface area contributed by atoms with E-state index < -0.39 is 12.7 Å². The van der Waals surface area contributed by atoms with Crippen LogP contribution in [0.4, 0.5) is 8.78 Å². The monoisotopic (exact) mass is 241 g/mol. The van der Waals surface area contributed by atoms with Crippen molar-refractivity contribution in [2.75, 3.05) is 6.61 Å². The predicted molar refractivity (Wildman–Crippen MR) is 39.9 cm³/mol. The molecule has 1 heterocycles. The Morgan fingerprint density at radius 3 is 2.75 bits per heavy atom. The molecule has 1 rings (SSSR count). The van der Waals surface area contributed by atoms with Gasteiger partial charge in [0, 0.05) is 5.33 Å². The molecule has 0 aliphatic rings. The molecule has 0 spiro atoms. The molecule has 68 valence electrons. The summed E-state index contributed by atoms with van der Waals surface area (Å²) in [5.74, 6) is 0. The molecule has 0 atom stereocenters. The van der Waals surface area contributed by atoms with Crippen molar-refractivity contribution < 1.29 is 13.9 Å². The third kappa shape index (κ3) is 1.78. The van der Waals surface area contributed by atoms with Crippen molar-refractivity contribution in [3.63, 3.8) is 0 Å². The van der Waals surface area contributed by atoms with Gasteiger partial charge in [-0.3, -0.25) is 0 Å². The van der Waals surface area contributed by atoms with Crippen molar-refractivity contribution in [2.24, 2.45) is 0 Å². The molecule has 0 saturated heterocycles. The largest absolute Gasteiger partial charge is 0.388 e. The zero-order chi connectivity index (χ0) is 9.19. The second kappa shape index (κ2) is 3.44. The normalized spacial score (nSPS) is 12.0. The molecule has 7 heteroatoms. The summed E-state index contributed by atoms with van der Waals surface area (Å²) < 4.78 is 25.6. The highest BCUT2D eigenvalue weighted by Crippen LogP contribution is 2.18. The molecule has 0 unspecified atom stereocenters. The maximum atomic E-state index is 12.6. The maximum absolute atomic E-state index is 12.6. The SMILES string of the molecule is OCC(F)(F)n1cc(CBr)nn1. The lowest BCUT2D eigenvalue weighted by Crippen LogP contribution is -2.27. The van der Waals surface area contributed by atoms with Crippen LogP contribution < -0.4 is 0 Å². The van der Waals surface area contributed by atoms with Gasteiger partial charge < -0.3 is 5.11 Å². The molecule has 0 radical (unpaired) electrons. The number of aromatic nitrogens is 3. The van der Waals surface area contributed by atoms with Gasteiger partial charge in [0.15, 0.2) is 0 Å². The first-order chi connectivity index (χ1) is 5.60. The Morgan fingerprint density at radius 1 is 1.67 bits per heavy atom. The van der Waals surface area contributed by atoms with Gasteiger partial charge in [-0.25, -0.2) is 0 Å². The molecule has 1 aromatic heterocycles. The highest BCUT2D eigenvalue weighted by Gasteiger charge is 2.31. The van der Waals surface area contributed by atoms with Crippen LogP contribution in [-0.2, 0) is 11.4 Å². The number of hydrogen-bond acceptors (Lipinski definition) is 3. The van der Waals surface area contributed by atoms with E-state index in [1.165, 1.54) is 0 Å². The molecule has 0 aliphatic heterocycles. The van der Waals surface area contributed by atoms with Crippen LogP contribution in [0.1, 0.15) is 5.69 Å². The Kier molecular flexibility index (Phi) is 2.73. The summed E-state index contributed by atoms with van der Waals surface area (Å²) in [5, 5.41) is 15.2. The first-order valence-electron chi connectivity index (χ1n) is 3.06. The van der Waals surface area contributed by atoms with E-state index >= 15 is 0 Å². The zero-order valence-corrected chi connectivity index (χ0v) is 7.50. The van der Waals surface area contributed by atoms with Crippen LogP contribution in [0.2, 0.25) is 0 Å². The Bertz CT molecular complexity index is 265. The summed E-state index contributed by atoms with van der Waals surface area (Å²) in [6.07, 6.45) is 1.07. The van der Waals surface area contributed by atoms with Crippen LogP contribution in [0.3, 0.4) is 0 Å². The van der Waals surface area contributed by atoms with Crippen LogP contribution in [0.25, 0.3) is 0 Å². The summed E-state index contributed by atoms with van der Waals surface area (Å²) >= 11 is 3.04. The van der Waals surface area contributed by atoms with E-state index in [2.05, 4.69) is 26.2 Å². The average Bonchev–Trinajstić information content (AvgIpc) is 2.52. The van der Waals surface area contributed by atoms with Crippen LogP contribution in [-0.4, -0.2) is 26.7 Å². The molecule has 0 aromatic carbocycles. The molecule has 4 nitrogen and oxygen atoms in total. The first-order valence-corrected chi connectivity index (χ1v) is 4.18. The Labute approximate surface area is 75.3 Å². The van der Waals surface area contributed by atoms with E-state index in [-0.39, 0.29) is 0 Å². The molecule has 0 bridgehead atoms. The minimum atomic E-state index is -3.37. The second-order valence-corrected chi connectivity index (χ2v) is 2.67. The van der Waals surface area contributed by atoms with E-state index in [1.54, 1.807) is 0 Å². The van der Waals surface area contributed by atoms with Crippen LogP contribution in [0.5, 0.6) is 0 Å². The van der Waals surface area contributed by atoms with Gasteiger partial charge in [0.25, 0.3) is 0 Å². The van der Waals surface area contributed by atoms with E-state index in [1.807, 2.05) is 0 Å². The fraction of sp³-hybridized carbons (Fsp3) is 0.600. The highest BCUT2D eigenvalue weighted by atomic mass is 79.9. The summed E-state index contributed by atoms with van der Waals surface area (Å²) in [5.41, 5.74) is 0.392. The smallest absolute Gasteiger partial charge is 0.367 e. The molecule has 0 amide bonds. The Morgan fingerprint density at radius 2 is 2.33 bits per heavy atom. The van der Waals surface area contributed by atoms with Crippen molar-refractivity contribution in [1.82, 2.24) is 15.0 Å². The topological polar surface area (TPSA) is 50.9 Å². The minimum Gasteiger partial charge on any atom is -0.388 e. The third-order valence-corrected chi connectivity index (χ3v) is 1.78. The first kappa shape index (κ1) is 9.53. The lowest BCUT2D eigenvalue weighted by atomic mass is 10.5. The van der Waals surface area contributed by atoms with Crippen molar-refractivity contribution in [2.45, 2.75) is 11.4 Å². The molecule has 0 saturated carbocycles. The van der Waals surface area contributed by atoms with Crippen molar-refractivity contribution in [3.05, 3.63) is 11.9 Å². The van der Waals surface area contributed by atoms with E-state index in [0.29, 0.717) is 15.7 Å². The summed E-state index contributed by atoms with van der Waals surface area (Å²) in [7, 11) is 0. The van der Waals surface area contributed by atoms with E-state index in [9.17, 15) is 8.78 Å². The molecule has 12 heavy (non-hydrogen) atoms. The predicted octanol–water partition coefficient (Wildman–Crippen LogP) is 0.715. The van der Waals surface area contributed by atoms with Crippen LogP contribution >= 0.6 is 15.9 Å². The number of rotatable bonds is 3. The van der Waals surface area contributed by atoms with Crippen LogP contribution in [0, 0.1) is 0 Å². The second-order valence-electron chi connectivity index (χ2n) is 2.11. The Balaban J connectivity index is 2.88. The summed E-state index contributed by atoms with van der Waals surface area (Å²) in [4.78, 5) is 0. The van der Waals surface area contributed by atoms with Crippen molar-refractivity contribution in [1.29, 1.82) is 0 Å². The zero-order valence-electron chi connectivity index (χ0n) is 5.91. The Hall–Kier alpha value is -0.560. The van der Waals surface area contributed by atoms with Crippen LogP contribution in [0.15, 0.2) is 6.20 Å². The molecular weight excluding hydrogens is 236 g/mol. The third-order valence-electron chi connectivity index (χ3n) is 1.20. The number of alkyl halides is 3. The molecule has 1 aromatic rings. The average molecular weight is 242 g/mol. The maximum Gasteiger partial charge on any atom is 0.367 e. The van der Waals surface area contributed by atoms with Crippen molar-refractivity contribution >= 4 is 15.9 Å². The number of aliphatic hydroxyl groups is 1. The minimum absolute atomic E-state index is 0.337. The fourth-order valence-corrected chi connectivity index (χ4v) is 0.849. The molecular formula is C5H6BrF2N3O. The van der Waals surface area contributed by atoms with Gasteiger partial charge in [0.05, 0.1) is 11.9 Å². The van der Waals surface area contributed by atoms with Gasteiger partial charge in [-0.2, -0.15) is 13.5 Å². The van der Waals surface area contributed by atoms with E-state index in [0.717, 1.165) is 6.20 Å². The van der Waals surface area contributed by atoms with Gasteiger partial charge in [-0.1, -0.05) is 21.1 Å². The number of aliphatic hydroxyl groups excluding tert-OH is 1. The quantitative estimate of drug-likeness (QED) is 0.794. The van der Waals surface area contributed by atoms with Crippen molar-refractivity contribution in [3.8, 4) is 0 Å². The highest BCUT2D eigenvalue weighted by molar-refractivity contribution is 9.08. The lowest BCUT2D eigenvalue weighted by molar-refractivity contribution is -0.131. The molecule has 1 N–H and O–H groups in total. The van der Waals surface area contributed by atoms with E-state index in [4.69, 9.17) is 5.11 Å². The van der Waals surface area contributed by atoms with Gasteiger partial charge in [-0.15, -0.1) is 5.10 Å². The van der Waals surface area contributed by atoms with Gasteiger partial charge >= 0.3 is 6.05 Å². The number of hydrogen-bond donors (Lipinski definition) is 1. The number of nitrogens with zero attached hydrogens (tertiary/aromatic N) is 3.